The third kappa shape index (κ3) is 7.91. The number of carbonyl (C=O) groups is 4. The van der Waals surface area contributed by atoms with Crippen LogP contribution in [0.5, 0.6) is 0 Å². The highest BCUT2D eigenvalue weighted by Crippen LogP contribution is 2.12. The van der Waals surface area contributed by atoms with Crippen LogP contribution in [0, 0.1) is 11.8 Å². The zero-order chi connectivity index (χ0) is 22.8. The van der Waals surface area contributed by atoms with Crippen LogP contribution in [0.15, 0.2) is 0 Å². The fourth-order valence-electron chi connectivity index (χ4n) is 3.29. The Morgan fingerprint density at radius 2 is 1.67 bits per heavy atom. The summed E-state index contributed by atoms with van der Waals surface area (Å²) in [4.78, 5) is 49.2. The average molecular weight is 429 g/mol. The minimum atomic E-state index is -1.46. The van der Waals surface area contributed by atoms with Crippen molar-refractivity contribution in [2.45, 2.75) is 77.5 Å². The van der Waals surface area contributed by atoms with Crippen LogP contribution in [-0.2, 0) is 19.2 Å². The molecule has 10 nitrogen and oxygen atoms in total. The maximum atomic E-state index is 13.0. The summed E-state index contributed by atoms with van der Waals surface area (Å²) in [7, 11) is 0. The summed E-state index contributed by atoms with van der Waals surface area (Å²) in [5.74, 6) is -2.92. The van der Waals surface area contributed by atoms with Crippen molar-refractivity contribution in [2.24, 2.45) is 11.8 Å². The van der Waals surface area contributed by atoms with Gasteiger partial charge in [-0.1, -0.05) is 34.1 Å². The van der Waals surface area contributed by atoms with Crippen LogP contribution < -0.4 is 21.3 Å². The molecular formula is C20H36N4O6. The van der Waals surface area contributed by atoms with Gasteiger partial charge in [-0.2, -0.15) is 0 Å². The van der Waals surface area contributed by atoms with Gasteiger partial charge in [0.05, 0.1) is 12.6 Å². The highest BCUT2D eigenvalue weighted by molar-refractivity contribution is 5.94. The molecule has 30 heavy (non-hydrogen) atoms. The van der Waals surface area contributed by atoms with E-state index >= 15 is 0 Å². The number of amides is 3. The van der Waals surface area contributed by atoms with E-state index in [-0.39, 0.29) is 30.2 Å². The van der Waals surface area contributed by atoms with Gasteiger partial charge in [0.15, 0.2) is 0 Å². The number of rotatable bonds is 12. The van der Waals surface area contributed by atoms with Gasteiger partial charge in [0.2, 0.25) is 17.7 Å². The molecule has 5 atom stereocenters. The second-order valence-electron chi connectivity index (χ2n) is 8.29. The van der Waals surface area contributed by atoms with Crippen LogP contribution in [0.25, 0.3) is 0 Å². The molecule has 1 rings (SSSR count). The molecule has 5 unspecified atom stereocenters. The standard InChI is InChI=1S/C20H36N4O6/c1-5-12(4)16(24-17(26)13-7-6-8-21-13)19(28)22-14(9-11(2)3)18(27)23-15(10-25)20(29)30/h11-16,21,25H,5-10H2,1-4H3,(H,22,28)(H,23,27)(H,24,26)(H,29,30). The average Bonchev–Trinajstić information content (AvgIpc) is 3.22. The molecular weight excluding hydrogens is 392 g/mol. The van der Waals surface area contributed by atoms with Gasteiger partial charge in [-0.15, -0.1) is 0 Å². The fourth-order valence-corrected chi connectivity index (χ4v) is 3.29. The van der Waals surface area contributed by atoms with Gasteiger partial charge in [-0.05, 0) is 37.6 Å². The zero-order valence-electron chi connectivity index (χ0n) is 18.2. The third-order valence-corrected chi connectivity index (χ3v) is 5.31. The monoisotopic (exact) mass is 428 g/mol. The van der Waals surface area contributed by atoms with Crippen molar-refractivity contribution in [2.75, 3.05) is 13.2 Å². The molecule has 1 aliphatic rings. The highest BCUT2D eigenvalue weighted by Gasteiger charge is 2.33. The van der Waals surface area contributed by atoms with Crippen LogP contribution in [0.2, 0.25) is 0 Å². The second kappa shape index (κ2) is 12.5. The van der Waals surface area contributed by atoms with Crippen LogP contribution in [0.1, 0.15) is 53.4 Å². The van der Waals surface area contributed by atoms with E-state index < -0.39 is 42.5 Å². The summed E-state index contributed by atoms with van der Waals surface area (Å²) in [5.41, 5.74) is 0. The fraction of sp³-hybridized carbons (Fsp3) is 0.800. The largest absolute Gasteiger partial charge is 0.480 e. The van der Waals surface area contributed by atoms with Crippen molar-refractivity contribution in [1.82, 2.24) is 21.3 Å². The molecule has 0 radical (unpaired) electrons. The maximum absolute atomic E-state index is 13.0. The minimum absolute atomic E-state index is 0.0396. The molecule has 172 valence electrons. The summed E-state index contributed by atoms with van der Waals surface area (Å²) in [6.07, 6.45) is 2.52. The molecule has 0 aromatic rings. The first-order valence-corrected chi connectivity index (χ1v) is 10.6. The van der Waals surface area contributed by atoms with E-state index in [4.69, 9.17) is 10.2 Å². The molecule has 6 N–H and O–H groups in total. The summed E-state index contributed by atoms with van der Waals surface area (Å²) in [5, 5.41) is 29.0. The lowest BCUT2D eigenvalue weighted by Gasteiger charge is -2.28. The zero-order valence-corrected chi connectivity index (χ0v) is 18.2. The third-order valence-electron chi connectivity index (χ3n) is 5.31. The summed E-state index contributed by atoms with van der Waals surface area (Å²) >= 11 is 0. The van der Waals surface area contributed by atoms with Crippen molar-refractivity contribution in [3.05, 3.63) is 0 Å². The van der Waals surface area contributed by atoms with Gasteiger partial charge in [0.1, 0.15) is 18.1 Å². The number of carboxylic acid groups (broad SMARTS) is 1. The number of nitrogens with one attached hydrogen (secondary N) is 4. The van der Waals surface area contributed by atoms with E-state index in [0.717, 1.165) is 13.0 Å². The Morgan fingerprint density at radius 3 is 2.13 bits per heavy atom. The van der Waals surface area contributed by atoms with E-state index in [9.17, 15) is 19.2 Å². The molecule has 0 aliphatic carbocycles. The number of carbonyl (C=O) groups excluding carboxylic acids is 3. The number of hydrogen-bond acceptors (Lipinski definition) is 6. The van der Waals surface area contributed by atoms with Crippen LogP contribution in [-0.4, -0.2) is 71.2 Å². The topological polar surface area (TPSA) is 157 Å². The number of aliphatic carboxylic acids is 1. The SMILES string of the molecule is CCC(C)C(NC(=O)C1CCCN1)C(=O)NC(CC(C)C)C(=O)NC(CO)C(=O)O. The van der Waals surface area contributed by atoms with Gasteiger partial charge in [-0.3, -0.25) is 14.4 Å². The molecule has 0 saturated carbocycles. The molecule has 0 bridgehead atoms. The molecule has 0 spiro atoms. The lowest BCUT2D eigenvalue weighted by Crippen LogP contribution is -2.59. The van der Waals surface area contributed by atoms with Crippen molar-refractivity contribution < 1.29 is 29.4 Å². The van der Waals surface area contributed by atoms with Crippen LogP contribution in [0.3, 0.4) is 0 Å². The Balaban J connectivity index is 2.91. The molecule has 0 aromatic carbocycles. The number of hydrogen-bond donors (Lipinski definition) is 6. The van der Waals surface area contributed by atoms with Gasteiger partial charge in [0.25, 0.3) is 0 Å². The summed E-state index contributed by atoms with van der Waals surface area (Å²) in [6, 6.07) is -3.60. The summed E-state index contributed by atoms with van der Waals surface area (Å²) in [6.45, 7) is 7.48. The Bertz CT molecular complexity index is 606. The first kappa shape index (κ1) is 25.8. The quantitative estimate of drug-likeness (QED) is 0.241. The van der Waals surface area contributed by atoms with E-state index in [0.29, 0.717) is 12.8 Å². The predicted octanol–water partition coefficient (Wildman–Crippen LogP) is -0.638. The van der Waals surface area contributed by atoms with E-state index in [1.807, 2.05) is 27.7 Å². The molecule has 0 aromatic heterocycles. The lowest BCUT2D eigenvalue weighted by atomic mass is 9.96. The van der Waals surface area contributed by atoms with Crippen molar-refractivity contribution in [3.63, 3.8) is 0 Å². The second-order valence-corrected chi connectivity index (χ2v) is 8.29. The van der Waals surface area contributed by atoms with Gasteiger partial charge in [0, 0.05) is 0 Å². The minimum Gasteiger partial charge on any atom is -0.480 e. The predicted molar refractivity (Wildman–Crippen MR) is 110 cm³/mol. The lowest BCUT2D eigenvalue weighted by molar-refractivity contribution is -0.143. The first-order valence-electron chi connectivity index (χ1n) is 10.6. The molecule has 10 heteroatoms. The van der Waals surface area contributed by atoms with E-state index in [2.05, 4.69) is 21.3 Å². The Hall–Kier alpha value is -2.20. The molecule has 1 heterocycles. The van der Waals surface area contributed by atoms with Gasteiger partial charge in [-0.25, -0.2) is 4.79 Å². The van der Waals surface area contributed by atoms with E-state index in [1.165, 1.54) is 0 Å². The Morgan fingerprint density at radius 1 is 1.03 bits per heavy atom. The normalized spacial score (nSPS) is 20.1. The highest BCUT2D eigenvalue weighted by atomic mass is 16.4. The molecule has 1 aliphatic heterocycles. The first-order chi connectivity index (χ1) is 14.1. The van der Waals surface area contributed by atoms with Crippen molar-refractivity contribution >= 4 is 23.7 Å². The Labute approximate surface area is 177 Å². The maximum Gasteiger partial charge on any atom is 0.328 e. The molecule has 1 fully saturated rings. The smallest absolute Gasteiger partial charge is 0.328 e. The number of carboxylic acids is 1. The van der Waals surface area contributed by atoms with Crippen molar-refractivity contribution in [1.29, 1.82) is 0 Å². The number of aliphatic hydroxyl groups excluding tert-OH is 1. The van der Waals surface area contributed by atoms with Crippen LogP contribution >= 0.6 is 0 Å². The van der Waals surface area contributed by atoms with Gasteiger partial charge >= 0.3 is 5.97 Å². The summed E-state index contributed by atoms with van der Waals surface area (Å²) < 4.78 is 0. The van der Waals surface area contributed by atoms with E-state index in [1.54, 1.807) is 0 Å². The van der Waals surface area contributed by atoms with Crippen LogP contribution in [0.4, 0.5) is 0 Å². The Kier molecular flexibility index (Phi) is 10.8. The molecule has 1 saturated heterocycles. The van der Waals surface area contributed by atoms with Crippen molar-refractivity contribution in [3.8, 4) is 0 Å². The molecule has 3 amide bonds. The van der Waals surface area contributed by atoms with Gasteiger partial charge < -0.3 is 31.5 Å². The number of aliphatic hydroxyl groups is 1.